The molecule has 1 heterocycles. The van der Waals surface area contributed by atoms with Gasteiger partial charge in [0.2, 0.25) is 0 Å². The first-order valence-electron chi connectivity index (χ1n) is 4.19. The Morgan fingerprint density at radius 1 is 1.46 bits per heavy atom. The summed E-state index contributed by atoms with van der Waals surface area (Å²) in [6, 6.07) is 5.62. The van der Waals surface area contributed by atoms with E-state index in [9.17, 15) is 0 Å². The van der Waals surface area contributed by atoms with Crippen LogP contribution in [0.5, 0.6) is 5.75 Å². The zero-order chi connectivity index (χ0) is 9.26. The summed E-state index contributed by atoms with van der Waals surface area (Å²) < 4.78 is 5.47. The molecule has 0 unspecified atom stereocenters. The molecule has 0 aromatic heterocycles. The fourth-order valence-electron chi connectivity index (χ4n) is 1.48. The van der Waals surface area contributed by atoms with Gasteiger partial charge in [-0.2, -0.15) is 0 Å². The van der Waals surface area contributed by atoms with E-state index in [2.05, 4.69) is 4.99 Å². The van der Waals surface area contributed by atoms with Crippen molar-refractivity contribution in [2.75, 3.05) is 13.7 Å². The summed E-state index contributed by atoms with van der Waals surface area (Å²) in [4.78, 5) is 4.21. The van der Waals surface area contributed by atoms with E-state index < -0.39 is 0 Å². The minimum atomic E-state index is 0.710. The number of nitrogens with zero attached hydrogens (tertiary/aromatic N) is 1. The van der Waals surface area contributed by atoms with Crippen molar-refractivity contribution in [3.63, 3.8) is 0 Å². The fraction of sp³-hybridized carbons (Fsp3) is 0.300. The molecule has 2 nitrogen and oxygen atoms in total. The summed E-state index contributed by atoms with van der Waals surface area (Å²) in [5.74, 6) is 0.885. The van der Waals surface area contributed by atoms with Crippen molar-refractivity contribution in [1.29, 1.82) is 0 Å². The molecule has 0 saturated heterocycles. The molecule has 0 amide bonds. The Balaban J connectivity index is 2.54. The number of fused-ring (bicyclic) bond motifs is 1. The maximum atomic E-state index is 5.89. The van der Waals surface area contributed by atoms with Crippen molar-refractivity contribution in [2.24, 2.45) is 4.99 Å². The minimum absolute atomic E-state index is 0.710. The van der Waals surface area contributed by atoms with Crippen LogP contribution in [0.1, 0.15) is 12.0 Å². The zero-order valence-electron chi connectivity index (χ0n) is 7.38. The SMILES string of the molecule is C/N=C1/CCOc2ccc(Cl)cc21. The Labute approximate surface area is 82.2 Å². The van der Waals surface area contributed by atoms with E-state index in [4.69, 9.17) is 16.3 Å². The monoisotopic (exact) mass is 195 g/mol. The maximum Gasteiger partial charge on any atom is 0.128 e. The highest BCUT2D eigenvalue weighted by atomic mass is 35.5. The van der Waals surface area contributed by atoms with Gasteiger partial charge in [-0.25, -0.2) is 0 Å². The number of ether oxygens (including phenoxy) is 1. The first-order valence-corrected chi connectivity index (χ1v) is 4.57. The van der Waals surface area contributed by atoms with Crippen LogP contribution in [0.25, 0.3) is 0 Å². The maximum absolute atomic E-state index is 5.89. The van der Waals surface area contributed by atoms with Crippen LogP contribution >= 0.6 is 11.6 Å². The lowest BCUT2D eigenvalue weighted by atomic mass is 10.0. The van der Waals surface area contributed by atoms with Gasteiger partial charge in [-0.3, -0.25) is 4.99 Å². The highest BCUT2D eigenvalue weighted by molar-refractivity contribution is 6.31. The lowest BCUT2D eigenvalue weighted by Crippen LogP contribution is -2.15. The summed E-state index contributed by atoms with van der Waals surface area (Å²) in [6.45, 7) is 0.710. The van der Waals surface area contributed by atoms with Crippen molar-refractivity contribution >= 4 is 17.3 Å². The van der Waals surface area contributed by atoms with Crippen LogP contribution in [0.15, 0.2) is 23.2 Å². The first kappa shape index (κ1) is 8.57. The minimum Gasteiger partial charge on any atom is -0.492 e. The van der Waals surface area contributed by atoms with Crippen LogP contribution in [0.3, 0.4) is 0 Å². The Hall–Kier alpha value is -1.02. The molecule has 13 heavy (non-hydrogen) atoms. The Morgan fingerprint density at radius 2 is 2.31 bits per heavy atom. The zero-order valence-corrected chi connectivity index (χ0v) is 8.14. The van der Waals surface area contributed by atoms with E-state index in [1.165, 1.54) is 0 Å². The second-order valence-corrected chi connectivity index (χ2v) is 3.35. The van der Waals surface area contributed by atoms with Gasteiger partial charge in [0, 0.05) is 29.8 Å². The highest BCUT2D eigenvalue weighted by Crippen LogP contribution is 2.27. The van der Waals surface area contributed by atoms with Crippen molar-refractivity contribution in [3.05, 3.63) is 28.8 Å². The lowest BCUT2D eigenvalue weighted by Gasteiger charge is -2.18. The third-order valence-corrected chi connectivity index (χ3v) is 2.35. The van der Waals surface area contributed by atoms with Gasteiger partial charge in [0.05, 0.1) is 6.61 Å². The Morgan fingerprint density at radius 3 is 3.08 bits per heavy atom. The molecule has 0 bridgehead atoms. The van der Waals surface area contributed by atoms with Crippen LogP contribution in [-0.2, 0) is 0 Å². The molecule has 2 rings (SSSR count). The molecule has 0 aliphatic carbocycles. The molecule has 0 atom stereocenters. The van der Waals surface area contributed by atoms with E-state index in [1.807, 2.05) is 18.2 Å². The van der Waals surface area contributed by atoms with Crippen molar-refractivity contribution in [3.8, 4) is 5.75 Å². The van der Waals surface area contributed by atoms with Gasteiger partial charge in [-0.1, -0.05) is 11.6 Å². The molecule has 0 N–H and O–H groups in total. The molecule has 1 aliphatic heterocycles. The van der Waals surface area contributed by atoms with Gasteiger partial charge in [0.25, 0.3) is 0 Å². The largest absolute Gasteiger partial charge is 0.492 e. The van der Waals surface area contributed by atoms with Crippen molar-refractivity contribution in [2.45, 2.75) is 6.42 Å². The predicted molar refractivity (Wildman–Crippen MR) is 54.0 cm³/mol. The van der Waals surface area contributed by atoms with Crippen molar-refractivity contribution < 1.29 is 4.74 Å². The quantitative estimate of drug-likeness (QED) is 0.624. The molecular formula is C10H10ClNO. The molecule has 1 aliphatic rings. The van der Waals surface area contributed by atoms with Gasteiger partial charge in [-0.15, -0.1) is 0 Å². The number of hydrogen-bond acceptors (Lipinski definition) is 2. The number of halogens is 1. The van der Waals surface area contributed by atoms with E-state index >= 15 is 0 Å². The predicted octanol–water partition coefficient (Wildman–Crippen LogP) is 2.54. The normalized spacial score (nSPS) is 18.2. The standard InChI is InChI=1S/C10H10ClNO/c1-12-9-4-5-13-10-3-2-7(11)6-8(9)10/h2-3,6H,4-5H2,1H3/b12-9-. The van der Waals surface area contributed by atoms with Crippen LogP contribution in [0.4, 0.5) is 0 Å². The molecule has 0 radical (unpaired) electrons. The molecular weight excluding hydrogens is 186 g/mol. The van der Waals surface area contributed by atoms with Crippen LogP contribution in [0.2, 0.25) is 5.02 Å². The van der Waals surface area contributed by atoms with E-state index in [0.29, 0.717) is 6.61 Å². The highest BCUT2D eigenvalue weighted by Gasteiger charge is 2.15. The summed E-state index contributed by atoms with van der Waals surface area (Å²) in [6.07, 6.45) is 0.865. The summed E-state index contributed by atoms with van der Waals surface area (Å²) in [5, 5.41) is 0.727. The number of hydrogen-bond donors (Lipinski definition) is 0. The molecule has 68 valence electrons. The first-order chi connectivity index (χ1) is 6.31. The van der Waals surface area contributed by atoms with Gasteiger partial charge < -0.3 is 4.74 Å². The number of benzene rings is 1. The average molecular weight is 196 g/mol. The van der Waals surface area contributed by atoms with Crippen LogP contribution < -0.4 is 4.74 Å². The van der Waals surface area contributed by atoms with Gasteiger partial charge >= 0.3 is 0 Å². The van der Waals surface area contributed by atoms with E-state index in [0.717, 1.165) is 28.5 Å². The number of rotatable bonds is 0. The number of aliphatic imine (C=N–C) groups is 1. The Kier molecular flexibility index (Phi) is 2.23. The molecule has 3 heteroatoms. The average Bonchev–Trinajstić information content (AvgIpc) is 2.17. The van der Waals surface area contributed by atoms with Crippen molar-refractivity contribution in [1.82, 2.24) is 0 Å². The second kappa shape index (κ2) is 3.38. The van der Waals surface area contributed by atoms with Crippen LogP contribution in [0, 0.1) is 0 Å². The third kappa shape index (κ3) is 1.54. The summed E-state index contributed by atoms with van der Waals surface area (Å²) in [5.41, 5.74) is 2.10. The summed E-state index contributed by atoms with van der Waals surface area (Å²) in [7, 11) is 1.80. The molecule has 0 spiro atoms. The van der Waals surface area contributed by atoms with Gasteiger partial charge in [-0.05, 0) is 18.2 Å². The molecule has 0 saturated carbocycles. The van der Waals surface area contributed by atoms with Gasteiger partial charge in [0.15, 0.2) is 0 Å². The fourth-order valence-corrected chi connectivity index (χ4v) is 1.65. The lowest BCUT2D eigenvalue weighted by molar-refractivity contribution is 0.320. The van der Waals surface area contributed by atoms with E-state index in [1.54, 1.807) is 7.05 Å². The smallest absolute Gasteiger partial charge is 0.128 e. The topological polar surface area (TPSA) is 21.6 Å². The van der Waals surface area contributed by atoms with E-state index in [-0.39, 0.29) is 0 Å². The Bertz CT molecular complexity index is 360. The third-order valence-electron chi connectivity index (χ3n) is 2.12. The molecule has 1 aromatic rings. The van der Waals surface area contributed by atoms with Gasteiger partial charge in [0.1, 0.15) is 5.75 Å². The molecule has 0 fully saturated rings. The summed E-state index contributed by atoms with van der Waals surface area (Å²) >= 11 is 5.89. The van der Waals surface area contributed by atoms with Crippen LogP contribution in [-0.4, -0.2) is 19.4 Å². The molecule has 1 aromatic carbocycles. The second-order valence-electron chi connectivity index (χ2n) is 2.91.